The van der Waals surface area contributed by atoms with Crippen molar-refractivity contribution in [2.45, 2.75) is 19.9 Å². The highest BCUT2D eigenvalue weighted by Gasteiger charge is 2.45. The Bertz CT molecular complexity index is 222. The van der Waals surface area contributed by atoms with Gasteiger partial charge in [-0.05, 0) is 11.8 Å². The predicted molar refractivity (Wildman–Crippen MR) is 42.9 cm³/mol. The highest BCUT2D eigenvalue weighted by Crippen LogP contribution is 2.34. The van der Waals surface area contributed by atoms with Crippen LogP contribution in [0.3, 0.4) is 0 Å². The highest BCUT2D eigenvalue weighted by atomic mass is 16.2. The Morgan fingerprint density at radius 1 is 1.27 bits per heavy atom. The van der Waals surface area contributed by atoms with Crippen molar-refractivity contribution in [2.24, 2.45) is 17.8 Å². The van der Waals surface area contributed by atoms with Gasteiger partial charge in [0, 0.05) is 6.04 Å². The van der Waals surface area contributed by atoms with Gasteiger partial charge in [-0.2, -0.15) is 0 Å². The fourth-order valence-electron chi connectivity index (χ4n) is 2.03. The molecule has 0 spiro atoms. The predicted octanol–water partition coefficient (Wildman–Crippen LogP) is 0.943. The van der Waals surface area contributed by atoms with Crippen LogP contribution in [0, 0.1) is 17.8 Å². The molecule has 1 heterocycles. The molecule has 1 N–H and O–H groups in total. The minimum Gasteiger partial charge on any atom is -0.352 e. The number of allylic oxidation sites excluding steroid dienone is 1. The first kappa shape index (κ1) is 6.89. The van der Waals surface area contributed by atoms with Crippen molar-refractivity contribution in [1.82, 2.24) is 5.32 Å². The lowest BCUT2D eigenvalue weighted by Crippen LogP contribution is -2.63. The zero-order valence-corrected chi connectivity index (χ0v) is 6.87. The molecule has 4 atom stereocenters. The van der Waals surface area contributed by atoms with Gasteiger partial charge in [-0.15, -0.1) is 0 Å². The number of β-lactam (4-membered cyclic amide) rings is 1. The van der Waals surface area contributed by atoms with Crippen LogP contribution in [0.25, 0.3) is 0 Å². The quantitative estimate of drug-likeness (QED) is 0.405. The number of carbonyl (C=O) groups is 1. The molecular weight excluding hydrogens is 138 g/mol. The Morgan fingerprint density at radius 2 is 1.91 bits per heavy atom. The van der Waals surface area contributed by atoms with Crippen LogP contribution in [-0.2, 0) is 4.79 Å². The van der Waals surface area contributed by atoms with E-state index in [9.17, 15) is 4.79 Å². The molecule has 0 bridgehead atoms. The Morgan fingerprint density at radius 3 is 2.45 bits per heavy atom. The van der Waals surface area contributed by atoms with E-state index in [1.165, 1.54) is 0 Å². The summed E-state index contributed by atoms with van der Waals surface area (Å²) < 4.78 is 0. The van der Waals surface area contributed by atoms with E-state index in [2.05, 4.69) is 31.3 Å². The van der Waals surface area contributed by atoms with Crippen LogP contribution in [-0.4, -0.2) is 11.9 Å². The second-order valence-electron chi connectivity index (χ2n) is 3.66. The normalized spacial score (nSPS) is 47.6. The Hall–Kier alpha value is -0.790. The van der Waals surface area contributed by atoms with Gasteiger partial charge >= 0.3 is 0 Å². The first-order valence-corrected chi connectivity index (χ1v) is 4.19. The van der Waals surface area contributed by atoms with Gasteiger partial charge in [-0.1, -0.05) is 26.0 Å². The number of carbonyl (C=O) groups excluding carboxylic acids is 1. The monoisotopic (exact) mass is 151 g/mol. The molecule has 0 aromatic carbocycles. The summed E-state index contributed by atoms with van der Waals surface area (Å²) in [7, 11) is 0. The largest absolute Gasteiger partial charge is 0.352 e. The maximum Gasteiger partial charge on any atom is 0.226 e. The molecule has 0 saturated carbocycles. The van der Waals surface area contributed by atoms with Gasteiger partial charge in [0.25, 0.3) is 0 Å². The lowest BCUT2D eigenvalue weighted by molar-refractivity contribution is -0.138. The van der Waals surface area contributed by atoms with Crippen LogP contribution in [0.5, 0.6) is 0 Å². The minimum absolute atomic E-state index is 0.235. The summed E-state index contributed by atoms with van der Waals surface area (Å²) >= 11 is 0. The molecule has 60 valence electrons. The van der Waals surface area contributed by atoms with E-state index in [0.717, 1.165) is 0 Å². The molecule has 1 saturated heterocycles. The molecule has 2 heteroatoms. The summed E-state index contributed by atoms with van der Waals surface area (Å²) in [6.45, 7) is 4.26. The van der Waals surface area contributed by atoms with Gasteiger partial charge in [0.1, 0.15) is 0 Å². The van der Waals surface area contributed by atoms with Crippen molar-refractivity contribution in [3.63, 3.8) is 0 Å². The zero-order chi connectivity index (χ0) is 8.01. The summed E-state index contributed by atoms with van der Waals surface area (Å²) in [4.78, 5) is 11.1. The van der Waals surface area contributed by atoms with Gasteiger partial charge < -0.3 is 5.32 Å². The summed E-state index contributed by atoms with van der Waals surface area (Å²) in [5, 5.41) is 2.93. The molecule has 1 fully saturated rings. The van der Waals surface area contributed by atoms with E-state index < -0.39 is 0 Å². The molecule has 2 rings (SSSR count). The van der Waals surface area contributed by atoms with E-state index in [-0.39, 0.29) is 11.8 Å². The topological polar surface area (TPSA) is 29.1 Å². The number of fused-ring (bicyclic) bond motifs is 1. The molecule has 1 aliphatic carbocycles. The molecule has 11 heavy (non-hydrogen) atoms. The molecule has 2 nitrogen and oxygen atoms in total. The van der Waals surface area contributed by atoms with E-state index in [4.69, 9.17) is 0 Å². The van der Waals surface area contributed by atoms with E-state index in [0.29, 0.717) is 17.9 Å². The molecule has 1 aliphatic heterocycles. The fourth-order valence-corrected chi connectivity index (χ4v) is 2.03. The van der Waals surface area contributed by atoms with Crippen molar-refractivity contribution < 1.29 is 4.79 Å². The molecule has 2 aliphatic rings. The molecule has 0 radical (unpaired) electrons. The Balaban J connectivity index is 2.22. The molecule has 1 amide bonds. The second-order valence-corrected chi connectivity index (χ2v) is 3.66. The molecule has 0 aromatic heterocycles. The Labute approximate surface area is 66.7 Å². The smallest absolute Gasteiger partial charge is 0.226 e. The summed E-state index contributed by atoms with van der Waals surface area (Å²) in [6, 6.07) is 0.419. The van der Waals surface area contributed by atoms with Crippen molar-refractivity contribution in [2.75, 3.05) is 0 Å². The van der Waals surface area contributed by atoms with Crippen molar-refractivity contribution >= 4 is 5.91 Å². The van der Waals surface area contributed by atoms with Gasteiger partial charge in [0.15, 0.2) is 0 Å². The lowest BCUT2D eigenvalue weighted by atomic mass is 9.71. The summed E-state index contributed by atoms with van der Waals surface area (Å²) in [5.41, 5.74) is 0. The van der Waals surface area contributed by atoms with Gasteiger partial charge in [-0.25, -0.2) is 0 Å². The van der Waals surface area contributed by atoms with Crippen molar-refractivity contribution in [1.29, 1.82) is 0 Å². The van der Waals surface area contributed by atoms with Crippen LogP contribution in [0.4, 0.5) is 0 Å². The number of rotatable bonds is 0. The van der Waals surface area contributed by atoms with E-state index >= 15 is 0 Å². The number of amides is 1. The van der Waals surface area contributed by atoms with Gasteiger partial charge in [0.2, 0.25) is 5.91 Å². The van der Waals surface area contributed by atoms with Crippen LogP contribution in [0.1, 0.15) is 13.8 Å². The maximum atomic E-state index is 11.1. The lowest BCUT2D eigenvalue weighted by Gasteiger charge is -2.44. The molecule has 0 aromatic rings. The summed E-state index contributed by atoms with van der Waals surface area (Å²) in [5.74, 6) is 1.45. The third-order valence-electron chi connectivity index (χ3n) is 2.85. The Kier molecular flexibility index (Phi) is 1.31. The van der Waals surface area contributed by atoms with Crippen molar-refractivity contribution in [3.8, 4) is 0 Å². The van der Waals surface area contributed by atoms with E-state index in [1.54, 1.807) is 0 Å². The third kappa shape index (κ3) is 0.817. The average molecular weight is 151 g/mol. The SMILES string of the molecule is C[C@@H]1C=C[C@H](C)[C@H]2NC(=O)[C@@H]21. The molecule has 0 unspecified atom stereocenters. The van der Waals surface area contributed by atoms with Crippen LogP contribution >= 0.6 is 0 Å². The van der Waals surface area contributed by atoms with Crippen LogP contribution in [0.15, 0.2) is 12.2 Å². The standard InChI is InChI=1S/C9H13NO/c1-5-3-4-6(2)8-7(5)9(11)10-8/h3-8H,1-2H3,(H,10,11)/t5-,6+,7-,8-/m1/s1. The van der Waals surface area contributed by atoms with Crippen LogP contribution < -0.4 is 5.32 Å². The van der Waals surface area contributed by atoms with Gasteiger partial charge in [0.05, 0.1) is 5.92 Å². The first-order chi connectivity index (χ1) is 5.20. The molecular formula is C9H13NO. The first-order valence-electron chi connectivity index (χ1n) is 4.19. The fraction of sp³-hybridized carbons (Fsp3) is 0.667. The number of hydrogen-bond donors (Lipinski definition) is 1. The zero-order valence-electron chi connectivity index (χ0n) is 6.87. The maximum absolute atomic E-state index is 11.1. The number of hydrogen-bond acceptors (Lipinski definition) is 1. The van der Waals surface area contributed by atoms with Crippen molar-refractivity contribution in [3.05, 3.63) is 12.2 Å². The second kappa shape index (κ2) is 2.10. The third-order valence-corrected chi connectivity index (χ3v) is 2.85. The summed E-state index contributed by atoms with van der Waals surface area (Å²) in [6.07, 6.45) is 4.36. The van der Waals surface area contributed by atoms with Gasteiger partial charge in [-0.3, -0.25) is 4.79 Å². The highest BCUT2D eigenvalue weighted by molar-refractivity contribution is 5.86. The number of nitrogens with one attached hydrogen (secondary N) is 1. The van der Waals surface area contributed by atoms with E-state index in [1.807, 2.05) is 0 Å². The minimum atomic E-state index is 0.235. The average Bonchev–Trinajstić information content (AvgIpc) is 1.93. The van der Waals surface area contributed by atoms with Crippen LogP contribution in [0.2, 0.25) is 0 Å².